The van der Waals surface area contributed by atoms with Gasteiger partial charge < -0.3 is 14.9 Å². The quantitative estimate of drug-likeness (QED) is 0.755. The summed E-state index contributed by atoms with van der Waals surface area (Å²) in [6.45, 7) is 0.436. The number of pyridine rings is 1. The third-order valence-electron chi connectivity index (χ3n) is 2.66. The van der Waals surface area contributed by atoms with Crippen molar-refractivity contribution in [3.8, 4) is 5.75 Å². The Balaban J connectivity index is 0.000001000. The molecule has 6 heteroatoms. The minimum absolute atomic E-state index is 0. The van der Waals surface area contributed by atoms with Gasteiger partial charge in [-0.1, -0.05) is 12.1 Å². The van der Waals surface area contributed by atoms with Gasteiger partial charge >= 0.3 is 0 Å². The van der Waals surface area contributed by atoms with Crippen LogP contribution in [0, 0.1) is 0 Å². The molecule has 1 aromatic carbocycles. The molecule has 0 aliphatic rings. The summed E-state index contributed by atoms with van der Waals surface area (Å²) in [4.78, 5) is 4.46. The van der Waals surface area contributed by atoms with Gasteiger partial charge in [0.25, 0.3) is 0 Å². The summed E-state index contributed by atoms with van der Waals surface area (Å²) < 4.78 is 7.62. The highest BCUT2D eigenvalue weighted by Crippen LogP contribution is 2.16. The van der Waals surface area contributed by atoms with Crippen LogP contribution in [-0.2, 0) is 6.61 Å². The standard InChI is InChI=1S/C14H13N3O.2ClH/c15-11-4-3-5-13(8-11)18-10-12-9-17-7-2-1-6-14(17)16-12;;/h1-9H,10,15H2;2*1H. The average Bonchev–Trinajstić information content (AvgIpc) is 2.79. The smallest absolute Gasteiger partial charge is 0.137 e. The molecule has 2 heterocycles. The van der Waals surface area contributed by atoms with Crippen LogP contribution in [0.15, 0.2) is 54.9 Å². The molecule has 0 spiro atoms. The highest BCUT2D eigenvalue weighted by molar-refractivity contribution is 5.85. The molecule has 0 aliphatic heterocycles. The van der Waals surface area contributed by atoms with E-state index in [9.17, 15) is 0 Å². The van der Waals surface area contributed by atoms with Crippen molar-refractivity contribution in [3.05, 3.63) is 60.6 Å². The summed E-state index contributed by atoms with van der Waals surface area (Å²) in [6, 6.07) is 13.3. The van der Waals surface area contributed by atoms with E-state index in [1.165, 1.54) is 0 Å². The van der Waals surface area contributed by atoms with Crippen molar-refractivity contribution in [1.82, 2.24) is 9.38 Å². The van der Waals surface area contributed by atoms with E-state index < -0.39 is 0 Å². The molecule has 0 radical (unpaired) electrons. The van der Waals surface area contributed by atoms with Crippen molar-refractivity contribution in [3.63, 3.8) is 0 Å². The lowest BCUT2D eigenvalue weighted by Gasteiger charge is -2.04. The molecule has 3 rings (SSSR count). The van der Waals surface area contributed by atoms with Crippen LogP contribution in [0.5, 0.6) is 5.75 Å². The largest absolute Gasteiger partial charge is 0.487 e. The molecule has 106 valence electrons. The zero-order chi connectivity index (χ0) is 12.4. The molecule has 0 aliphatic carbocycles. The Labute approximate surface area is 129 Å². The van der Waals surface area contributed by atoms with Crippen LogP contribution < -0.4 is 10.5 Å². The fourth-order valence-corrected chi connectivity index (χ4v) is 1.82. The number of aromatic nitrogens is 2. The fourth-order valence-electron chi connectivity index (χ4n) is 1.82. The Kier molecular flexibility index (Phi) is 5.67. The van der Waals surface area contributed by atoms with Gasteiger partial charge in [-0.05, 0) is 24.3 Å². The average molecular weight is 312 g/mol. The molecule has 2 aromatic heterocycles. The first-order chi connectivity index (χ1) is 8.81. The Hall–Kier alpha value is -1.91. The summed E-state index contributed by atoms with van der Waals surface area (Å²) >= 11 is 0. The SMILES string of the molecule is Cl.Cl.Nc1cccc(OCc2cn3ccccc3n2)c1. The van der Waals surface area contributed by atoms with Crippen molar-refractivity contribution in [2.24, 2.45) is 0 Å². The summed E-state index contributed by atoms with van der Waals surface area (Å²) in [6.07, 6.45) is 3.92. The van der Waals surface area contributed by atoms with Crippen LogP contribution in [0.1, 0.15) is 5.69 Å². The number of rotatable bonds is 3. The topological polar surface area (TPSA) is 52.5 Å². The van der Waals surface area contributed by atoms with Crippen LogP contribution in [0.3, 0.4) is 0 Å². The van der Waals surface area contributed by atoms with E-state index in [0.717, 1.165) is 17.1 Å². The number of nitrogens with zero attached hydrogens (tertiary/aromatic N) is 2. The number of benzene rings is 1. The number of imidazole rings is 1. The van der Waals surface area contributed by atoms with E-state index in [-0.39, 0.29) is 24.8 Å². The third kappa shape index (κ3) is 3.56. The van der Waals surface area contributed by atoms with Gasteiger partial charge in [0, 0.05) is 24.1 Å². The maximum Gasteiger partial charge on any atom is 0.137 e. The van der Waals surface area contributed by atoms with E-state index in [1.54, 1.807) is 6.07 Å². The van der Waals surface area contributed by atoms with Crippen LogP contribution in [-0.4, -0.2) is 9.38 Å². The molecule has 2 N–H and O–H groups in total. The summed E-state index contributed by atoms with van der Waals surface area (Å²) in [5.74, 6) is 0.757. The zero-order valence-corrected chi connectivity index (χ0v) is 12.2. The third-order valence-corrected chi connectivity index (χ3v) is 2.66. The molecule has 0 atom stereocenters. The van der Waals surface area contributed by atoms with Gasteiger partial charge in [-0.2, -0.15) is 0 Å². The van der Waals surface area contributed by atoms with Gasteiger partial charge in [0.2, 0.25) is 0 Å². The minimum atomic E-state index is 0. The van der Waals surface area contributed by atoms with Crippen molar-refractivity contribution in [1.29, 1.82) is 0 Å². The summed E-state index contributed by atoms with van der Waals surface area (Å²) in [7, 11) is 0. The molecule has 0 bridgehead atoms. The number of ether oxygens (including phenoxy) is 1. The van der Waals surface area contributed by atoms with Gasteiger partial charge in [-0.25, -0.2) is 4.98 Å². The Morgan fingerprint density at radius 1 is 1.10 bits per heavy atom. The van der Waals surface area contributed by atoms with Crippen molar-refractivity contribution in [2.45, 2.75) is 6.61 Å². The lowest BCUT2D eigenvalue weighted by atomic mass is 10.3. The number of nitrogens with two attached hydrogens (primary N) is 1. The Morgan fingerprint density at radius 2 is 1.95 bits per heavy atom. The number of hydrogen-bond donors (Lipinski definition) is 1. The Bertz CT molecular complexity index is 652. The van der Waals surface area contributed by atoms with Gasteiger partial charge in [-0.3, -0.25) is 0 Å². The molecule has 0 saturated carbocycles. The molecule has 0 unspecified atom stereocenters. The lowest BCUT2D eigenvalue weighted by molar-refractivity contribution is 0.302. The van der Waals surface area contributed by atoms with E-state index in [4.69, 9.17) is 10.5 Å². The number of anilines is 1. The number of fused-ring (bicyclic) bond motifs is 1. The van der Waals surface area contributed by atoms with Crippen molar-refractivity contribution in [2.75, 3.05) is 5.73 Å². The molecule has 0 saturated heterocycles. The first-order valence-corrected chi connectivity index (χ1v) is 5.72. The summed E-state index contributed by atoms with van der Waals surface area (Å²) in [5.41, 5.74) is 8.20. The van der Waals surface area contributed by atoms with Crippen molar-refractivity contribution >= 4 is 36.1 Å². The maximum absolute atomic E-state index is 5.69. The molecular weight excluding hydrogens is 297 g/mol. The van der Waals surface area contributed by atoms with Crippen molar-refractivity contribution < 1.29 is 4.74 Å². The predicted octanol–water partition coefficient (Wildman–Crippen LogP) is 3.34. The van der Waals surface area contributed by atoms with Gasteiger partial charge in [-0.15, -0.1) is 24.8 Å². The van der Waals surface area contributed by atoms with Crippen LogP contribution in [0.25, 0.3) is 5.65 Å². The zero-order valence-electron chi connectivity index (χ0n) is 10.6. The lowest BCUT2D eigenvalue weighted by Crippen LogP contribution is -1.96. The molecule has 3 aromatic rings. The number of halogens is 2. The second-order valence-corrected chi connectivity index (χ2v) is 4.06. The molecule has 4 nitrogen and oxygen atoms in total. The second kappa shape index (κ2) is 7.03. The Morgan fingerprint density at radius 3 is 2.70 bits per heavy atom. The number of hydrogen-bond acceptors (Lipinski definition) is 3. The normalized spacial score (nSPS) is 9.60. The highest BCUT2D eigenvalue weighted by atomic mass is 35.5. The highest BCUT2D eigenvalue weighted by Gasteiger charge is 2.02. The summed E-state index contributed by atoms with van der Waals surface area (Å²) in [5, 5.41) is 0. The molecule has 20 heavy (non-hydrogen) atoms. The van der Waals surface area contributed by atoms with Crippen LogP contribution >= 0.6 is 24.8 Å². The first-order valence-electron chi connectivity index (χ1n) is 5.72. The molecular formula is C14H15Cl2N3O. The van der Waals surface area contributed by atoms with Gasteiger partial charge in [0.1, 0.15) is 18.0 Å². The van der Waals surface area contributed by atoms with Gasteiger partial charge in [0.05, 0.1) is 5.69 Å². The molecule has 0 amide bonds. The number of nitrogen functional groups attached to an aromatic ring is 1. The second-order valence-electron chi connectivity index (χ2n) is 4.06. The first kappa shape index (κ1) is 16.1. The molecule has 0 fully saturated rings. The van der Waals surface area contributed by atoms with E-state index >= 15 is 0 Å². The van der Waals surface area contributed by atoms with E-state index in [2.05, 4.69) is 4.98 Å². The van der Waals surface area contributed by atoms with Gasteiger partial charge in [0.15, 0.2) is 0 Å². The monoisotopic (exact) mass is 311 g/mol. The maximum atomic E-state index is 5.69. The fraction of sp³-hybridized carbons (Fsp3) is 0.0714. The van der Waals surface area contributed by atoms with E-state index in [0.29, 0.717) is 12.3 Å². The van der Waals surface area contributed by atoms with Crippen LogP contribution in [0.4, 0.5) is 5.69 Å². The van der Waals surface area contributed by atoms with Crippen LogP contribution in [0.2, 0.25) is 0 Å². The predicted molar refractivity (Wildman–Crippen MR) is 84.9 cm³/mol. The van der Waals surface area contributed by atoms with E-state index in [1.807, 2.05) is 53.2 Å². The minimum Gasteiger partial charge on any atom is -0.487 e.